The van der Waals surface area contributed by atoms with Crippen molar-refractivity contribution in [3.63, 3.8) is 0 Å². The lowest BCUT2D eigenvalue weighted by Crippen LogP contribution is -2.45. The fraction of sp³-hybridized carbons (Fsp3) is 0.632. The van der Waals surface area contributed by atoms with E-state index in [-0.39, 0.29) is 28.3 Å². The van der Waals surface area contributed by atoms with Crippen LogP contribution in [0.3, 0.4) is 0 Å². The number of ether oxygens (including phenoxy) is 1. The van der Waals surface area contributed by atoms with Gasteiger partial charge in [-0.2, -0.15) is 4.31 Å². The van der Waals surface area contributed by atoms with Gasteiger partial charge in [0.15, 0.2) is 0 Å². The van der Waals surface area contributed by atoms with Gasteiger partial charge in [0, 0.05) is 19.6 Å². The zero-order valence-electron chi connectivity index (χ0n) is 16.2. The zero-order chi connectivity index (χ0) is 20.0. The van der Waals surface area contributed by atoms with Crippen LogP contribution in [-0.4, -0.2) is 44.9 Å². The van der Waals surface area contributed by atoms with Crippen LogP contribution >= 0.6 is 11.6 Å². The van der Waals surface area contributed by atoms with Gasteiger partial charge in [-0.25, -0.2) is 8.42 Å². The first-order valence-electron chi connectivity index (χ1n) is 9.46. The molecule has 0 radical (unpaired) electrons. The normalized spacial score (nSPS) is 18.5. The van der Waals surface area contributed by atoms with Crippen molar-refractivity contribution in [3.8, 4) is 5.75 Å². The highest BCUT2D eigenvalue weighted by molar-refractivity contribution is 7.89. The molecule has 0 spiro atoms. The summed E-state index contributed by atoms with van der Waals surface area (Å²) in [6.07, 6.45) is 2.26. The number of piperidine rings is 1. The van der Waals surface area contributed by atoms with Crippen molar-refractivity contribution >= 4 is 27.5 Å². The molecule has 1 heterocycles. The summed E-state index contributed by atoms with van der Waals surface area (Å²) in [6.45, 7) is 7.70. The molecule has 8 heteroatoms. The molecule has 0 aromatic heterocycles. The third-order valence-corrected chi connectivity index (χ3v) is 6.77. The number of sulfonamides is 1. The molecule has 27 heavy (non-hydrogen) atoms. The predicted octanol–water partition coefficient (Wildman–Crippen LogP) is 3.30. The van der Waals surface area contributed by atoms with Crippen LogP contribution in [0.15, 0.2) is 23.1 Å². The van der Waals surface area contributed by atoms with E-state index in [0.717, 1.165) is 6.42 Å². The molecule has 1 aromatic carbocycles. The first-order chi connectivity index (χ1) is 12.8. The number of benzene rings is 1. The van der Waals surface area contributed by atoms with Crippen molar-refractivity contribution in [2.45, 2.75) is 44.9 Å². The Morgan fingerprint density at radius 1 is 1.41 bits per heavy atom. The van der Waals surface area contributed by atoms with E-state index >= 15 is 0 Å². The van der Waals surface area contributed by atoms with Crippen LogP contribution in [0.25, 0.3) is 0 Å². The summed E-state index contributed by atoms with van der Waals surface area (Å²) < 4.78 is 32.7. The van der Waals surface area contributed by atoms with E-state index in [0.29, 0.717) is 44.2 Å². The van der Waals surface area contributed by atoms with Crippen LogP contribution in [0, 0.1) is 11.8 Å². The lowest BCUT2D eigenvalue weighted by molar-refractivity contribution is -0.126. The second kappa shape index (κ2) is 9.75. The van der Waals surface area contributed by atoms with E-state index in [9.17, 15) is 13.2 Å². The van der Waals surface area contributed by atoms with Crippen molar-refractivity contribution < 1.29 is 17.9 Å². The molecule has 1 saturated heterocycles. The van der Waals surface area contributed by atoms with E-state index < -0.39 is 10.0 Å². The Balaban J connectivity index is 2.07. The summed E-state index contributed by atoms with van der Waals surface area (Å²) in [4.78, 5) is 12.5. The summed E-state index contributed by atoms with van der Waals surface area (Å²) in [5.41, 5.74) is 0. The molecule has 0 aliphatic carbocycles. The molecular weight excluding hydrogens is 388 g/mol. The van der Waals surface area contributed by atoms with Gasteiger partial charge < -0.3 is 10.1 Å². The summed E-state index contributed by atoms with van der Waals surface area (Å²) in [5.74, 6) is 0.580. The number of nitrogens with one attached hydrogen (secondary N) is 1. The maximum atomic E-state index is 13.0. The molecule has 0 saturated carbocycles. The maximum Gasteiger partial charge on any atom is 0.243 e. The Morgan fingerprint density at radius 2 is 2.15 bits per heavy atom. The van der Waals surface area contributed by atoms with E-state index in [1.165, 1.54) is 16.4 Å². The number of nitrogens with zero attached hydrogens (tertiary/aromatic N) is 1. The van der Waals surface area contributed by atoms with Gasteiger partial charge in [-0.1, -0.05) is 25.4 Å². The lowest BCUT2D eigenvalue weighted by Gasteiger charge is -2.31. The van der Waals surface area contributed by atoms with Crippen LogP contribution in [0.2, 0.25) is 5.02 Å². The average Bonchev–Trinajstić information content (AvgIpc) is 2.63. The standard InChI is InChI=1S/C19H29ClN2O4S/c1-4-26-18-8-7-16(12-17(18)20)27(24,25)22-11-5-6-15(13-22)19(23)21-10-9-14(2)3/h7-8,12,14-15H,4-6,9-11,13H2,1-3H3,(H,21,23)/t15-/m1/s1. The van der Waals surface area contributed by atoms with Gasteiger partial charge in [0.2, 0.25) is 15.9 Å². The number of hydrogen-bond donors (Lipinski definition) is 1. The monoisotopic (exact) mass is 416 g/mol. The number of carbonyl (C=O) groups excluding carboxylic acids is 1. The smallest absolute Gasteiger partial charge is 0.243 e. The molecule has 1 atom stereocenters. The maximum absolute atomic E-state index is 13.0. The van der Waals surface area contributed by atoms with E-state index in [1.807, 2.05) is 6.92 Å². The van der Waals surface area contributed by atoms with Gasteiger partial charge in [-0.05, 0) is 50.3 Å². The number of amides is 1. The minimum Gasteiger partial charge on any atom is -0.492 e. The third-order valence-electron chi connectivity index (χ3n) is 4.62. The van der Waals surface area contributed by atoms with Gasteiger partial charge in [-0.15, -0.1) is 0 Å². The predicted molar refractivity (Wildman–Crippen MR) is 107 cm³/mol. The summed E-state index contributed by atoms with van der Waals surface area (Å²) in [7, 11) is -3.70. The second-order valence-electron chi connectivity index (χ2n) is 7.20. The Morgan fingerprint density at radius 3 is 2.78 bits per heavy atom. The topological polar surface area (TPSA) is 75.7 Å². The van der Waals surface area contributed by atoms with Crippen molar-refractivity contribution in [1.82, 2.24) is 9.62 Å². The highest BCUT2D eigenvalue weighted by atomic mass is 35.5. The molecule has 6 nitrogen and oxygen atoms in total. The summed E-state index contributed by atoms with van der Waals surface area (Å²) >= 11 is 6.14. The van der Waals surface area contributed by atoms with Gasteiger partial charge in [0.25, 0.3) is 0 Å². The molecule has 1 aromatic rings. The van der Waals surface area contributed by atoms with Crippen molar-refractivity contribution in [2.75, 3.05) is 26.2 Å². The van der Waals surface area contributed by atoms with E-state index in [1.54, 1.807) is 6.07 Å². The van der Waals surface area contributed by atoms with Crippen LogP contribution in [0.5, 0.6) is 5.75 Å². The lowest BCUT2D eigenvalue weighted by atomic mass is 9.98. The number of rotatable bonds is 8. The largest absolute Gasteiger partial charge is 0.492 e. The Kier molecular flexibility index (Phi) is 7.94. The van der Waals surface area contributed by atoms with Crippen molar-refractivity contribution in [1.29, 1.82) is 0 Å². The third kappa shape index (κ3) is 5.83. The fourth-order valence-corrected chi connectivity index (χ4v) is 4.92. The molecule has 2 rings (SSSR count). The summed E-state index contributed by atoms with van der Waals surface area (Å²) in [5, 5.41) is 3.19. The fourth-order valence-electron chi connectivity index (χ4n) is 3.07. The van der Waals surface area contributed by atoms with Crippen LogP contribution in [-0.2, 0) is 14.8 Å². The minimum absolute atomic E-state index is 0.0692. The molecule has 0 bridgehead atoms. The molecule has 1 aliphatic heterocycles. The summed E-state index contributed by atoms with van der Waals surface area (Å²) in [6, 6.07) is 4.48. The first-order valence-corrected chi connectivity index (χ1v) is 11.3. The van der Waals surface area contributed by atoms with Gasteiger partial charge in [-0.3, -0.25) is 4.79 Å². The van der Waals surface area contributed by atoms with Crippen LogP contribution in [0.4, 0.5) is 0 Å². The van der Waals surface area contributed by atoms with Gasteiger partial charge in [0.1, 0.15) is 5.75 Å². The first kappa shape index (κ1) is 22.0. The van der Waals surface area contributed by atoms with Crippen LogP contribution in [0.1, 0.15) is 40.0 Å². The number of halogens is 1. The van der Waals surface area contributed by atoms with E-state index in [2.05, 4.69) is 19.2 Å². The Bertz CT molecular complexity index is 752. The highest BCUT2D eigenvalue weighted by Crippen LogP contribution is 2.30. The molecular formula is C19H29ClN2O4S. The molecule has 1 amide bonds. The molecule has 1 aliphatic rings. The quantitative estimate of drug-likeness (QED) is 0.705. The molecule has 1 N–H and O–H groups in total. The highest BCUT2D eigenvalue weighted by Gasteiger charge is 2.33. The number of carbonyl (C=O) groups is 1. The molecule has 0 unspecified atom stereocenters. The van der Waals surface area contributed by atoms with Crippen LogP contribution < -0.4 is 10.1 Å². The van der Waals surface area contributed by atoms with E-state index in [4.69, 9.17) is 16.3 Å². The molecule has 1 fully saturated rings. The SMILES string of the molecule is CCOc1ccc(S(=O)(=O)N2CCC[C@@H](C(=O)NCCC(C)C)C2)cc1Cl. The average molecular weight is 417 g/mol. The Labute approximate surface area is 167 Å². The zero-order valence-corrected chi connectivity index (χ0v) is 17.8. The molecule has 152 valence electrons. The van der Waals surface area contributed by atoms with Crippen molar-refractivity contribution in [2.24, 2.45) is 11.8 Å². The number of hydrogen-bond acceptors (Lipinski definition) is 4. The Hall–Kier alpha value is -1.31. The minimum atomic E-state index is -3.70. The van der Waals surface area contributed by atoms with Gasteiger partial charge >= 0.3 is 0 Å². The second-order valence-corrected chi connectivity index (χ2v) is 9.55. The van der Waals surface area contributed by atoms with Crippen molar-refractivity contribution in [3.05, 3.63) is 23.2 Å². The van der Waals surface area contributed by atoms with Gasteiger partial charge in [0.05, 0.1) is 22.4 Å².